The van der Waals surface area contributed by atoms with Crippen LogP contribution in [0.15, 0.2) is 0 Å². The van der Waals surface area contributed by atoms with E-state index in [4.69, 9.17) is 9.47 Å². The average Bonchev–Trinajstić information content (AvgIpc) is 2.44. The zero-order valence-corrected chi connectivity index (χ0v) is 10.2. The quantitative estimate of drug-likeness (QED) is 0.672. The molecule has 0 aromatic heterocycles. The van der Waals surface area contributed by atoms with Gasteiger partial charge in [-0.15, -0.1) is 0 Å². The van der Waals surface area contributed by atoms with E-state index in [1.54, 1.807) is 7.11 Å². The lowest BCUT2D eigenvalue weighted by Gasteiger charge is -2.27. The Kier molecular flexibility index (Phi) is 6.17. The standard InChI is InChI=1S/C11H24N2O2/c1-10(2)13-5-7-15-9-11(8-13)12-4-6-14-3/h10-12H,4-9H2,1-3H3/t11-/m1/s1. The van der Waals surface area contributed by atoms with E-state index >= 15 is 0 Å². The molecule has 1 atom stereocenters. The van der Waals surface area contributed by atoms with Crippen molar-refractivity contribution < 1.29 is 9.47 Å². The Morgan fingerprint density at radius 2 is 2.33 bits per heavy atom. The van der Waals surface area contributed by atoms with E-state index < -0.39 is 0 Å². The van der Waals surface area contributed by atoms with Gasteiger partial charge >= 0.3 is 0 Å². The Hall–Kier alpha value is -0.160. The summed E-state index contributed by atoms with van der Waals surface area (Å²) in [6.07, 6.45) is 0. The Morgan fingerprint density at radius 3 is 3.00 bits per heavy atom. The van der Waals surface area contributed by atoms with Gasteiger partial charge in [0.15, 0.2) is 0 Å². The molecule has 0 amide bonds. The lowest BCUT2D eigenvalue weighted by molar-refractivity contribution is 0.124. The third-order valence-corrected chi connectivity index (χ3v) is 2.77. The van der Waals surface area contributed by atoms with E-state index in [0.717, 1.165) is 39.5 Å². The molecule has 1 heterocycles. The van der Waals surface area contributed by atoms with Gasteiger partial charge in [0.25, 0.3) is 0 Å². The third kappa shape index (κ3) is 4.93. The van der Waals surface area contributed by atoms with Crippen molar-refractivity contribution in [3.05, 3.63) is 0 Å². The van der Waals surface area contributed by atoms with Crippen LogP contribution in [0.4, 0.5) is 0 Å². The van der Waals surface area contributed by atoms with E-state index in [-0.39, 0.29) is 0 Å². The lowest BCUT2D eigenvalue weighted by atomic mass is 10.2. The van der Waals surface area contributed by atoms with Crippen LogP contribution in [0, 0.1) is 0 Å². The maximum atomic E-state index is 5.57. The van der Waals surface area contributed by atoms with E-state index in [1.807, 2.05) is 0 Å². The fraction of sp³-hybridized carbons (Fsp3) is 1.00. The fourth-order valence-electron chi connectivity index (χ4n) is 1.79. The second-order valence-electron chi connectivity index (χ2n) is 4.31. The molecule has 0 radical (unpaired) electrons. The van der Waals surface area contributed by atoms with Crippen LogP contribution in [0.25, 0.3) is 0 Å². The molecule has 1 N–H and O–H groups in total. The van der Waals surface area contributed by atoms with Crippen molar-refractivity contribution in [2.75, 3.05) is 46.6 Å². The lowest BCUT2D eigenvalue weighted by Crippen LogP contribution is -2.45. The first kappa shape index (κ1) is 12.9. The summed E-state index contributed by atoms with van der Waals surface area (Å²) >= 11 is 0. The molecule has 1 fully saturated rings. The third-order valence-electron chi connectivity index (χ3n) is 2.77. The van der Waals surface area contributed by atoms with Gasteiger partial charge in [-0.1, -0.05) is 0 Å². The smallest absolute Gasteiger partial charge is 0.0632 e. The van der Waals surface area contributed by atoms with Crippen LogP contribution in [-0.4, -0.2) is 63.5 Å². The molecule has 0 spiro atoms. The molecule has 0 saturated carbocycles. The first-order valence-electron chi connectivity index (χ1n) is 5.78. The Balaban J connectivity index is 2.29. The number of nitrogens with zero attached hydrogens (tertiary/aromatic N) is 1. The van der Waals surface area contributed by atoms with Crippen molar-refractivity contribution in [2.24, 2.45) is 0 Å². The number of methoxy groups -OCH3 is 1. The zero-order valence-electron chi connectivity index (χ0n) is 10.2. The normalized spacial score (nSPS) is 24.4. The van der Waals surface area contributed by atoms with E-state index in [2.05, 4.69) is 24.1 Å². The predicted octanol–water partition coefficient (Wildman–Crippen LogP) is 0.332. The summed E-state index contributed by atoms with van der Waals surface area (Å²) in [5.74, 6) is 0. The highest BCUT2D eigenvalue weighted by molar-refractivity contribution is 4.76. The molecule has 15 heavy (non-hydrogen) atoms. The average molecular weight is 216 g/mol. The van der Waals surface area contributed by atoms with Gasteiger partial charge in [-0.2, -0.15) is 0 Å². The molecule has 0 bridgehead atoms. The highest BCUT2D eigenvalue weighted by atomic mass is 16.5. The molecule has 4 heteroatoms. The summed E-state index contributed by atoms with van der Waals surface area (Å²) in [6, 6.07) is 1.03. The number of hydrogen-bond donors (Lipinski definition) is 1. The van der Waals surface area contributed by atoms with Gasteiger partial charge in [-0.05, 0) is 13.8 Å². The number of nitrogens with one attached hydrogen (secondary N) is 1. The highest BCUT2D eigenvalue weighted by Gasteiger charge is 2.19. The highest BCUT2D eigenvalue weighted by Crippen LogP contribution is 2.04. The molecule has 4 nitrogen and oxygen atoms in total. The van der Waals surface area contributed by atoms with Gasteiger partial charge < -0.3 is 14.8 Å². The summed E-state index contributed by atoms with van der Waals surface area (Å²) < 4.78 is 10.6. The van der Waals surface area contributed by atoms with Crippen molar-refractivity contribution in [1.82, 2.24) is 10.2 Å². The molecule has 0 aromatic carbocycles. The fourth-order valence-corrected chi connectivity index (χ4v) is 1.79. The Morgan fingerprint density at radius 1 is 1.53 bits per heavy atom. The monoisotopic (exact) mass is 216 g/mol. The van der Waals surface area contributed by atoms with Gasteiger partial charge in [0, 0.05) is 38.8 Å². The number of hydrogen-bond acceptors (Lipinski definition) is 4. The van der Waals surface area contributed by atoms with Gasteiger partial charge in [-0.3, -0.25) is 4.90 Å². The predicted molar refractivity (Wildman–Crippen MR) is 61.2 cm³/mol. The molecule has 0 unspecified atom stereocenters. The summed E-state index contributed by atoms with van der Waals surface area (Å²) in [7, 11) is 1.73. The van der Waals surface area contributed by atoms with Gasteiger partial charge in [0.2, 0.25) is 0 Å². The second-order valence-corrected chi connectivity index (χ2v) is 4.31. The molecule has 1 rings (SSSR count). The molecule has 90 valence electrons. The molecular formula is C11H24N2O2. The minimum absolute atomic E-state index is 0.435. The van der Waals surface area contributed by atoms with Crippen molar-refractivity contribution in [3.63, 3.8) is 0 Å². The second kappa shape index (κ2) is 7.17. The largest absolute Gasteiger partial charge is 0.383 e. The van der Waals surface area contributed by atoms with Crippen molar-refractivity contribution in [3.8, 4) is 0 Å². The minimum atomic E-state index is 0.435. The summed E-state index contributed by atoms with van der Waals surface area (Å²) in [4.78, 5) is 2.46. The summed E-state index contributed by atoms with van der Waals surface area (Å²) in [6.45, 7) is 9.90. The molecule has 0 aromatic rings. The van der Waals surface area contributed by atoms with E-state index in [1.165, 1.54) is 0 Å². The maximum absolute atomic E-state index is 5.57. The summed E-state index contributed by atoms with van der Waals surface area (Å²) in [5.41, 5.74) is 0. The van der Waals surface area contributed by atoms with Crippen molar-refractivity contribution >= 4 is 0 Å². The van der Waals surface area contributed by atoms with Gasteiger partial charge in [-0.25, -0.2) is 0 Å². The molecule has 1 saturated heterocycles. The van der Waals surface area contributed by atoms with Gasteiger partial charge in [0.05, 0.1) is 19.8 Å². The molecule has 1 aliphatic heterocycles. The van der Waals surface area contributed by atoms with E-state index in [0.29, 0.717) is 12.1 Å². The van der Waals surface area contributed by atoms with Crippen LogP contribution < -0.4 is 5.32 Å². The van der Waals surface area contributed by atoms with Crippen LogP contribution in [0.2, 0.25) is 0 Å². The molecule has 0 aliphatic carbocycles. The topological polar surface area (TPSA) is 33.7 Å². The van der Waals surface area contributed by atoms with Crippen molar-refractivity contribution in [1.29, 1.82) is 0 Å². The SMILES string of the molecule is COCCN[C@H]1COCCN(C(C)C)C1. The number of ether oxygens (including phenoxy) is 2. The Labute approximate surface area is 92.9 Å². The van der Waals surface area contributed by atoms with Crippen molar-refractivity contribution in [2.45, 2.75) is 25.9 Å². The van der Waals surface area contributed by atoms with Crippen LogP contribution in [-0.2, 0) is 9.47 Å². The molecule has 1 aliphatic rings. The Bertz CT molecular complexity index is 165. The van der Waals surface area contributed by atoms with Gasteiger partial charge in [0.1, 0.15) is 0 Å². The zero-order chi connectivity index (χ0) is 11.1. The first-order chi connectivity index (χ1) is 7.24. The number of rotatable bonds is 5. The van der Waals surface area contributed by atoms with Crippen LogP contribution in [0.3, 0.4) is 0 Å². The summed E-state index contributed by atoms with van der Waals surface area (Å²) in [5, 5.41) is 3.46. The van der Waals surface area contributed by atoms with Crippen LogP contribution in [0.5, 0.6) is 0 Å². The first-order valence-corrected chi connectivity index (χ1v) is 5.78. The van der Waals surface area contributed by atoms with E-state index in [9.17, 15) is 0 Å². The minimum Gasteiger partial charge on any atom is -0.383 e. The molecular weight excluding hydrogens is 192 g/mol. The van der Waals surface area contributed by atoms with Crippen LogP contribution >= 0.6 is 0 Å². The maximum Gasteiger partial charge on any atom is 0.0632 e. The van der Waals surface area contributed by atoms with Crippen LogP contribution in [0.1, 0.15) is 13.8 Å².